The van der Waals surface area contributed by atoms with E-state index in [1.165, 1.54) is 25.5 Å². The molecule has 0 spiro atoms. The average Bonchev–Trinajstić information content (AvgIpc) is 2.95. The third-order valence-corrected chi connectivity index (χ3v) is 2.51. The highest BCUT2D eigenvalue weighted by Gasteiger charge is 2.20. The van der Waals surface area contributed by atoms with Crippen molar-refractivity contribution in [3.05, 3.63) is 11.5 Å². The molecule has 76 valence electrons. The van der Waals surface area contributed by atoms with Crippen LogP contribution in [0.5, 0.6) is 0 Å². The van der Waals surface area contributed by atoms with Gasteiger partial charge in [0, 0.05) is 6.54 Å². The van der Waals surface area contributed by atoms with Crippen molar-refractivity contribution >= 4 is 23.1 Å². The fourth-order valence-corrected chi connectivity index (χ4v) is 1.45. The van der Waals surface area contributed by atoms with Crippen LogP contribution in [0.1, 0.15) is 19.3 Å². The fourth-order valence-electron chi connectivity index (χ4n) is 1.31. The molecule has 0 radical (unpaired) electrons. The zero-order chi connectivity index (χ0) is 9.97. The Morgan fingerprint density at radius 3 is 3.07 bits per heavy atom. The zero-order valence-electron chi connectivity index (χ0n) is 7.83. The standard InChI is InChI=1S/C9H13ClN4/c10-9-13-5-7(11)8(14-9)12-4-3-6-1-2-6/h5-6H,1-4,11H2,(H,12,13,14). The number of aromatic nitrogens is 2. The van der Waals surface area contributed by atoms with Gasteiger partial charge >= 0.3 is 0 Å². The Labute approximate surface area is 87.9 Å². The van der Waals surface area contributed by atoms with Gasteiger partial charge in [0.15, 0.2) is 5.82 Å². The number of nitrogen functional groups attached to an aromatic ring is 1. The van der Waals surface area contributed by atoms with Gasteiger partial charge in [-0.15, -0.1) is 0 Å². The first kappa shape index (κ1) is 9.52. The lowest BCUT2D eigenvalue weighted by Gasteiger charge is -2.06. The van der Waals surface area contributed by atoms with Gasteiger partial charge < -0.3 is 11.1 Å². The zero-order valence-corrected chi connectivity index (χ0v) is 8.59. The summed E-state index contributed by atoms with van der Waals surface area (Å²) >= 11 is 5.65. The molecule has 1 aromatic rings. The van der Waals surface area contributed by atoms with Crippen LogP contribution in [0.25, 0.3) is 0 Å². The average molecular weight is 213 g/mol. The molecule has 0 bridgehead atoms. The van der Waals surface area contributed by atoms with Gasteiger partial charge in [0.05, 0.1) is 11.9 Å². The lowest BCUT2D eigenvalue weighted by atomic mass is 10.3. The van der Waals surface area contributed by atoms with E-state index in [0.717, 1.165) is 12.5 Å². The van der Waals surface area contributed by atoms with Gasteiger partial charge in [-0.05, 0) is 23.9 Å². The summed E-state index contributed by atoms with van der Waals surface area (Å²) in [5, 5.41) is 3.39. The minimum Gasteiger partial charge on any atom is -0.394 e. The number of rotatable bonds is 4. The van der Waals surface area contributed by atoms with Gasteiger partial charge in [-0.1, -0.05) is 12.8 Å². The Bertz CT molecular complexity index is 325. The van der Waals surface area contributed by atoms with Gasteiger partial charge in [-0.25, -0.2) is 4.98 Å². The molecule has 14 heavy (non-hydrogen) atoms. The van der Waals surface area contributed by atoms with Crippen molar-refractivity contribution in [3.8, 4) is 0 Å². The summed E-state index contributed by atoms with van der Waals surface area (Å²) in [5.41, 5.74) is 6.22. The van der Waals surface area contributed by atoms with Crippen LogP contribution in [0.3, 0.4) is 0 Å². The van der Waals surface area contributed by atoms with Crippen molar-refractivity contribution in [1.29, 1.82) is 0 Å². The van der Waals surface area contributed by atoms with Crippen LogP contribution in [0.2, 0.25) is 5.28 Å². The third kappa shape index (κ3) is 2.48. The van der Waals surface area contributed by atoms with E-state index in [1.54, 1.807) is 0 Å². The minimum atomic E-state index is 0.230. The maximum absolute atomic E-state index is 5.68. The van der Waals surface area contributed by atoms with E-state index in [0.29, 0.717) is 11.5 Å². The summed E-state index contributed by atoms with van der Waals surface area (Å²) in [5.74, 6) is 1.55. The predicted molar refractivity (Wildman–Crippen MR) is 57.3 cm³/mol. The Morgan fingerprint density at radius 2 is 2.36 bits per heavy atom. The van der Waals surface area contributed by atoms with Crippen molar-refractivity contribution in [2.24, 2.45) is 5.92 Å². The van der Waals surface area contributed by atoms with Crippen molar-refractivity contribution in [2.45, 2.75) is 19.3 Å². The topological polar surface area (TPSA) is 63.8 Å². The number of nitrogens with zero attached hydrogens (tertiary/aromatic N) is 2. The Balaban J connectivity index is 1.89. The molecule has 1 heterocycles. The molecular weight excluding hydrogens is 200 g/mol. The molecule has 5 heteroatoms. The Kier molecular flexibility index (Phi) is 2.72. The lowest BCUT2D eigenvalue weighted by molar-refractivity contribution is 0.758. The number of hydrogen-bond acceptors (Lipinski definition) is 4. The third-order valence-electron chi connectivity index (χ3n) is 2.33. The number of halogens is 1. The van der Waals surface area contributed by atoms with Crippen LogP contribution in [0.4, 0.5) is 11.5 Å². The van der Waals surface area contributed by atoms with Crippen LogP contribution in [-0.2, 0) is 0 Å². The molecule has 1 aromatic heterocycles. The Morgan fingerprint density at radius 1 is 1.57 bits per heavy atom. The first-order chi connectivity index (χ1) is 6.75. The summed E-state index contributed by atoms with van der Waals surface area (Å²) in [6.45, 7) is 0.905. The molecule has 0 saturated heterocycles. The van der Waals surface area contributed by atoms with E-state index in [1.807, 2.05) is 0 Å². The summed E-state index contributed by atoms with van der Waals surface area (Å²) in [7, 11) is 0. The molecule has 0 unspecified atom stereocenters. The second-order valence-corrected chi connectivity index (χ2v) is 3.94. The quantitative estimate of drug-likeness (QED) is 0.749. The smallest absolute Gasteiger partial charge is 0.224 e. The second kappa shape index (κ2) is 4.00. The minimum absolute atomic E-state index is 0.230. The van der Waals surface area contributed by atoms with Gasteiger partial charge in [-0.2, -0.15) is 4.98 Å². The van der Waals surface area contributed by atoms with Crippen LogP contribution in [-0.4, -0.2) is 16.5 Å². The van der Waals surface area contributed by atoms with Crippen LogP contribution >= 0.6 is 11.6 Å². The number of anilines is 2. The predicted octanol–water partition coefficient (Wildman–Crippen LogP) is 1.92. The van der Waals surface area contributed by atoms with E-state index in [-0.39, 0.29) is 5.28 Å². The normalized spacial score (nSPS) is 15.5. The molecule has 0 atom stereocenters. The summed E-state index contributed by atoms with van der Waals surface area (Å²) < 4.78 is 0. The SMILES string of the molecule is Nc1cnc(Cl)nc1NCCC1CC1. The molecule has 1 aliphatic carbocycles. The van der Waals surface area contributed by atoms with Gasteiger partial charge in [0.2, 0.25) is 5.28 Å². The highest BCUT2D eigenvalue weighted by atomic mass is 35.5. The molecule has 1 aliphatic rings. The maximum atomic E-state index is 5.68. The summed E-state index contributed by atoms with van der Waals surface area (Å²) in [4.78, 5) is 7.79. The largest absolute Gasteiger partial charge is 0.394 e. The van der Waals surface area contributed by atoms with E-state index >= 15 is 0 Å². The molecule has 1 fully saturated rings. The van der Waals surface area contributed by atoms with E-state index in [2.05, 4.69) is 15.3 Å². The van der Waals surface area contributed by atoms with Gasteiger partial charge in [-0.3, -0.25) is 0 Å². The molecule has 0 aromatic carbocycles. The first-order valence-electron chi connectivity index (χ1n) is 4.77. The monoisotopic (exact) mass is 212 g/mol. The van der Waals surface area contributed by atoms with Gasteiger partial charge in [0.25, 0.3) is 0 Å². The van der Waals surface area contributed by atoms with Crippen molar-refractivity contribution in [3.63, 3.8) is 0 Å². The highest BCUT2D eigenvalue weighted by Crippen LogP contribution is 2.32. The highest BCUT2D eigenvalue weighted by molar-refractivity contribution is 6.28. The van der Waals surface area contributed by atoms with Gasteiger partial charge in [0.1, 0.15) is 0 Å². The molecule has 0 amide bonds. The van der Waals surface area contributed by atoms with Crippen molar-refractivity contribution < 1.29 is 0 Å². The molecule has 2 rings (SSSR count). The van der Waals surface area contributed by atoms with E-state index in [4.69, 9.17) is 17.3 Å². The maximum Gasteiger partial charge on any atom is 0.224 e. The second-order valence-electron chi connectivity index (χ2n) is 3.60. The number of nitrogens with one attached hydrogen (secondary N) is 1. The van der Waals surface area contributed by atoms with Crippen molar-refractivity contribution in [1.82, 2.24) is 9.97 Å². The number of nitrogens with two attached hydrogens (primary N) is 1. The molecule has 4 nitrogen and oxygen atoms in total. The first-order valence-corrected chi connectivity index (χ1v) is 5.15. The molecule has 0 aliphatic heterocycles. The molecule has 1 saturated carbocycles. The molecule has 3 N–H and O–H groups in total. The van der Waals surface area contributed by atoms with Crippen LogP contribution < -0.4 is 11.1 Å². The molecular formula is C9H13ClN4. The van der Waals surface area contributed by atoms with E-state index < -0.39 is 0 Å². The van der Waals surface area contributed by atoms with E-state index in [9.17, 15) is 0 Å². The summed E-state index contributed by atoms with van der Waals surface area (Å²) in [6, 6.07) is 0. The summed E-state index contributed by atoms with van der Waals surface area (Å²) in [6.07, 6.45) is 5.43. The van der Waals surface area contributed by atoms with Crippen molar-refractivity contribution in [2.75, 3.05) is 17.6 Å². The lowest BCUT2D eigenvalue weighted by Crippen LogP contribution is -2.07. The van der Waals surface area contributed by atoms with Crippen LogP contribution in [0.15, 0.2) is 6.20 Å². The fraction of sp³-hybridized carbons (Fsp3) is 0.556. The Hall–Kier alpha value is -1.03. The number of hydrogen-bond donors (Lipinski definition) is 2. The van der Waals surface area contributed by atoms with Crippen LogP contribution in [0, 0.1) is 5.92 Å².